The second-order valence-electron chi connectivity index (χ2n) is 2.99. The minimum absolute atomic E-state index is 0.753. The summed E-state index contributed by atoms with van der Waals surface area (Å²) >= 11 is 3.57. The lowest BCUT2D eigenvalue weighted by Crippen LogP contribution is -2.17. The van der Waals surface area contributed by atoms with Gasteiger partial charge in [0, 0.05) is 17.2 Å². The SMILES string of the molecule is CSC(C)CCNCc1cscn1. The molecule has 0 amide bonds. The summed E-state index contributed by atoms with van der Waals surface area (Å²) in [5.41, 5.74) is 3.03. The highest BCUT2D eigenvalue weighted by Crippen LogP contribution is 2.08. The molecule has 0 bridgehead atoms. The van der Waals surface area contributed by atoms with Gasteiger partial charge in [0.2, 0.25) is 0 Å². The van der Waals surface area contributed by atoms with Crippen molar-refractivity contribution in [2.75, 3.05) is 12.8 Å². The van der Waals surface area contributed by atoms with Crippen molar-refractivity contribution < 1.29 is 0 Å². The van der Waals surface area contributed by atoms with Gasteiger partial charge in [-0.05, 0) is 19.2 Å². The monoisotopic (exact) mass is 216 g/mol. The van der Waals surface area contributed by atoms with Crippen LogP contribution >= 0.6 is 23.1 Å². The second-order valence-corrected chi connectivity index (χ2v) is 4.99. The fourth-order valence-electron chi connectivity index (χ4n) is 0.964. The van der Waals surface area contributed by atoms with Crippen molar-refractivity contribution in [1.29, 1.82) is 0 Å². The number of rotatable bonds is 6. The van der Waals surface area contributed by atoms with Crippen LogP contribution in [0.1, 0.15) is 19.0 Å². The van der Waals surface area contributed by atoms with E-state index in [1.807, 2.05) is 17.3 Å². The largest absolute Gasteiger partial charge is 0.311 e. The molecule has 0 radical (unpaired) electrons. The van der Waals surface area contributed by atoms with Crippen LogP contribution in [0.3, 0.4) is 0 Å². The van der Waals surface area contributed by atoms with Crippen LogP contribution in [0.4, 0.5) is 0 Å². The predicted molar refractivity (Wildman–Crippen MR) is 61.4 cm³/mol. The molecule has 0 aliphatic heterocycles. The molecule has 13 heavy (non-hydrogen) atoms. The topological polar surface area (TPSA) is 24.9 Å². The van der Waals surface area contributed by atoms with E-state index < -0.39 is 0 Å². The number of hydrogen-bond donors (Lipinski definition) is 1. The van der Waals surface area contributed by atoms with Crippen molar-refractivity contribution in [3.05, 3.63) is 16.6 Å². The van der Waals surface area contributed by atoms with E-state index in [0.29, 0.717) is 0 Å². The molecule has 0 aromatic carbocycles. The minimum atomic E-state index is 0.753. The fraction of sp³-hybridized carbons (Fsp3) is 0.667. The van der Waals surface area contributed by atoms with Crippen LogP contribution in [0.2, 0.25) is 0 Å². The zero-order valence-electron chi connectivity index (χ0n) is 8.12. The van der Waals surface area contributed by atoms with E-state index in [9.17, 15) is 0 Å². The number of aromatic nitrogens is 1. The smallest absolute Gasteiger partial charge is 0.0795 e. The Morgan fingerprint density at radius 1 is 1.69 bits per heavy atom. The molecule has 1 heterocycles. The van der Waals surface area contributed by atoms with Crippen LogP contribution in [-0.2, 0) is 6.54 Å². The van der Waals surface area contributed by atoms with Gasteiger partial charge in [-0.15, -0.1) is 11.3 Å². The molecule has 2 nitrogen and oxygen atoms in total. The number of hydrogen-bond acceptors (Lipinski definition) is 4. The van der Waals surface area contributed by atoms with Crippen molar-refractivity contribution in [2.45, 2.75) is 25.1 Å². The first-order valence-corrected chi connectivity index (χ1v) is 6.66. The molecule has 0 aliphatic carbocycles. The molecule has 0 aliphatic rings. The zero-order valence-corrected chi connectivity index (χ0v) is 9.75. The number of thiazole rings is 1. The van der Waals surface area contributed by atoms with Crippen LogP contribution in [0.5, 0.6) is 0 Å². The quantitative estimate of drug-likeness (QED) is 0.739. The molecule has 74 valence electrons. The Hall–Kier alpha value is -0.0600. The molecule has 1 atom stereocenters. The van der Waals surface area contributed by atoms with E-state index >= 15 is 0 Å². The first kappa shape index (κ1) is 11.0. The summed E-state index contributed by atoms with van der Waals surface area (Å²) in [5.74, 6) is 0. The van der Waals surface area contributed by atoms with Crippen LogP contribution in [0.15, 0.2) is 10.9 Å². The maximum absolute atomic E-state index is 4.20. The summed E-state index contributed by atoms with van der Waals surface area (Å²) in [7, 11) is 0. The van der Waals surface area contributed by atoms with Gasteiger partial charge >= 0.3 is 0 Å². The lowest BCUT2D eigenvalue weighted by atomic mass is 10.3. The van der Waals surface area contributed by atoms with E-state index in [4.69, 9.17) is 0 Å². The average molecular weight is 216 g/mol. The Morgan fingerprint density at radius 3 is 3.15 bits per heavy atom. The van der Waals surface area contributed by atoms with E-state index in [1.165, 1.54) is 6.42 Å². The van der Waals surface area contributed by atoms with Crippen molar-refractivity contribution in [3.63, 3.8) is 0 Å². The summed E-state index contributed by atoms with van der Waals surface area (Å²) in [6.07, 6.45) is 3.39. The molecule has 0 saturated carbocycles. The number of thioether (sulfide) groups is 1. The first-order chi connectivity index (χ1) is 6.33. The van der Waals surface area contributed by atoms with Gasteiger partial charge in [-0.25, -0.2) is 4.98 Å². The third kappa shape index (κ3) is 4.64. The van der Waals surface area contributed by atoms with Crippen molar-refractivity contribution >= 4 is 23.1 Å². The van der Waals surface area contributed by atoms with Gasteiger partial charge in [-0.3, -0.25) is 0 Å². The van der Waals surface area contributed by atoms with Gasteiger partial charge in [0.05, 0.1) is 11.2 Å². The Kier molecular flexibility index (Phi) is 5.43. The van der Waals surface area contributed by atoms with Crippen LogP contribution in [0.25, 0.3) is 0 Å². The molecule has 1 rings (SSSR count). The third-order valence-electron chi connectivity index (χ3n) is 1.92. The molecular formula is C9H16N2S2. The standard InChI is InChI=1S/C9H16N2S2/c1-8(12-2)3-4-10-5-9-6-13-7-11-9/h6-8,10H,3-5H2,1-2H3. The Labute approximate surface area is 88.2 Å². The lowest BCUT2D eigenvalue weighted by molar-refractivity contribution is 0.641. The summed E-state index contributed by atoms with van der Waals surface area (Å²) < 4.78 is 0. The van der Waals surface area contributed by atoms with Gasteiger partial charge in [0.1, 0.15) is 0 Å². The highest BCUT2D eigenvalue weighted by Gasteiger charge is 1.98. The normalized spacial score (nSPS) is 13.1. The highest BCUT2D eigenvalue weighted by molar-refractivity contribution is 7.99. The van der Waals surface area contributed by atoms with Crippen LogP contribution in [-0.4, -0.2) is 23.0 Å². The summed E-state index contributed by atoms with van der Waals surface area (Å²) in [6, 6.07) is 0. The third-order valence-corrected chi connectivity index (χ3v) is 3.60. The number of nitrogens with one attached hydrogen (secondary N) is 1. The first-order valence-electron chi connectivity index (χ1n) is 4.43. The predicted octanol–water partition coefficient (Wildman–Crippen LogP) is 2.37. The van der Waals surface area contributed by atoms with E-state index in [-0.39, 0.29) is 0 Å². The molecule has 1 aromatic heterocycles. The lowest BCUT2D eigenvalue weighted by Gasteiger charge is -2.07. The minimum Gasteiger partial charge on any atom is -0.311 e. The molecule has 1 unspecified atom stereocenters. The maximum Gasteiger partial charge on any atom is 0.0795 e. The highest BCUT2D eigenvalue weighted by atomic mass is 32.2. The van der Waals surface area contributed by atoms with Gasteiger partial charge in [0.25, 0.3) is 0 Å². The Balaban J connectivity index is 2.02. The van der Waals surface area contributed by atoms with Crippen molar-refractivity contribution in [3.8, 4) is 0 Å². The van der Waals surface area contributed by atoms with Crippen LogP contribution < -0.4 is 5.32 Å². The van der Waals surface area contributed by atoms with Crippen molar-refractivity contribution in [2.24, 2.45) is 0 Å². The van der Waals surface area contributed by atoms with E-state index in [1.54, 1.807) is 11.3 Å². The average Bonchev–Trinajstić information content (AvgIpc) is 2.64. The second kappa shape index (κ2) is 6.40. The zero-order chi connectivity index (χ0) is 9.52. The molecule has 1 aromatic rings. The van der Waals surface area contributed by atoms with Crippen LogP contribution in [0, 0.1) is 0 Å². The molecule has 0 spiro atoms. The molecule has 0 fully saturated rings. The molecule has 1 N–H and O–H groups in total. The molecule has 0 saturated heterocycles. The Morgan fingerprint density at radius 2 is 2.54 bits per heavy atom. The fourth-order valence-corrected chi connectivity index (χ4v) is 1.88. The van der Waals surface area contributed by atoms with Crippen molar-refractivity contribution in [1.82, 2.24) is 10.3 Å². The van der Waals surface area contributed by atoms with E-state index in [2.05, 4.69) is 28.9 Å². The maximum atomic E-state index is 4.20. The summed E-state index contributed by atoms with van der Waals surface area (Å²) in [5, 5.41) is 6.22. The van der Waals surface area contributed by atoms with Gasteiger partial charge in [0.15, 0.2) is 0 Å². The van der Waals surface area contributed by atoms with Gasteiger partial charge in [-0.2, -0.15) is 11.8 Å². The Bertz CT molecular complexity index is 211. The summed E-state index contributed by atoms with van der Waals surface area (Å²) in [6.45, 7) is 4.25. The van der Waals surface area contributed by atoms with E-state index in [0.717, 1.165) is 24.0 Å². The summed E-state index contributed by atoms with van der Waals surface area (Å²) in [4.78, 5) is 4.20. The van der Waals surface area contributed by atoms with Gasteiger partial charge in [-0.1, -0.05) is 6.92 Å². The number of nitrogens with zero attached hydrogens (tertiary/aromatic N) is 1. The molecule has 4 heteroatoms. The van der Waals surface area contributed by atoms with Gasteiger partial charge < -0.3 is 5.32 Å². The molecular weight excluding hydrogens is 200 g/mol.